The molecule has 2 N–H and O–H groups in total. The molecule has 10 nitrogen and oxygen atoms in total. The first-order valence-corrected chi connectivity index (χ1v) is 10.6. The maximum Gasteiger partial charge on any atom is 0.257 e. The summed E-state index contributed by atoms with van der Waals surface area (Å²) in [6, 6.07) is 15.2. The Morgan fingerprint density at radius 2 is 2.06 bits per heavy atom. The highest BCUT2D eigenvalue weighted by Gasteiger charge is 2.23. The normalized spacial score (nSPS) is 16.3. The molecule has 0 radical (unpaired) electrons. The van der Waals surface area contributed by atoms with Crippen LogP contribution in [0.4, 0.5) is 5.69 Å². The quantitative estimate of drug-likeness (QED) is 0.422. The molecule has 4 heterocycles. The second-order valence-electron chi connectivity index (χ2n) is 7.52. The van der Waals surface area contributed by atoms with Gasteiger partial charge in [-0.25, -0.2) is 4.98 Å². The van der Waals surface area contributed by atoms with Gasteiger partial charge in [-0.2, -0.15) is 5.21 Å². The van der Waals surface area contributed by atoms with Crippen molar-refractivity contribution < 1.29 is 14.2 Å². The number of pyridine rings is 2. The van der Waals surface area contributed by atoms with Gasteiger partial charge in [-0.1, -0.05) is 6.07 Å². The largest absolute Gasteiger partial charge is 0.491 e. The molecule has 1 aliphatic heterocycles. The Bertz CT molecular complexity index is 1160. The van der Waals surface area contributed by atoms with Crippen molar-refractivity contribution in [3.05, 3.63) is 72.2 Å². The number of anilines is 1. The van der Waals surface area contributed by atoms with E-state index >= 15 is 0 Å². The highest BCUT2D eigenvalue weighted by Crippen LogP contribution is 2.32. The highest BCUT2D eigenvalue weighted by atomic mass is 16.6. The summed E-state index contributed by atoms with van der Waals surface area (Å²) in [6.45, 7) is 1.23. The standard InChI is InChI=1S/C23H23N7O3/c1-31-20-9-8-19(26-23(20)33-18-10-12-32-14-18)21(16-3-2-11-24-13-16)25-17-6-4-15(5-7-17)22-27-29-30-28-22/h2-9,11,13,18,21,25H,10,12,14H2,1H3,(H,27,28,29,30)/t18-,21?/m1/s1. The highest BCUT2D eigenvalue weighted by molar-refractivity contribution is 5.60. The second-order valence-corrected chi connectivity index (χ2v) is 7.52. The monoisotopic (exact) mass is 445 g/mol. The van der Waals surface area contributed by atoms with Gasteiger partial charge in [0.25, 0.3) is 5.88 Å². The van der Waals surface area contributed by atoms with E-state index in [0.29, 0.717) is 30.7 Å². The van der Waals surface area contributed by atoms with Gasteiger partial charge in [0.15, 0.2) is 5.75 Å². The zero-order chi connectivity index (χ0) is 22.5. The molecule has 1 aliphatic rings. The number of methoxy groups -OCH3 is 1. The molecule has 4 aromatic rings. The van der Waals surface area contributed by atoms with Gasteiger partial charge in [-0.15, -0.1) is 10.2 Å². The van der Waals surface area contributed by atoms with E-state index in [9.17, 15) is 0 Å². The fraction of sp³-hybridized carbons (Fsp3) is 0.261. The number of hydrogen-bond donors (Lipinski definition) is 2. The minimum atomic E-state index is -0.261. The summed E-state index contributed by atoms with van der Waals surface area (Å²) >= 11 is 0. The lowest BCUT2D eigenvalue weighted by Crippen LogP contribution is -2.19. The summed E-state index contributed by atoms with van der Waals surface area (Å²) in [7, 11) is 1.61. The molecule has 2 atom stereocenters. The average Bonchev–Trinajstić information content (AvgIpc) is 3.58. The number of nitrogens with zero attached hydrogens (tertiary/aromatic N) is 5. The van der Waals surface area contributed by atoms with Crippen LogP contribution in [0.1, 0.15) is 23.7 Å². The number of aromatic amines is 1. The molecule has 10 heteroatoms. The van der Waals surface area contributed by atoms with Crippen molar-refractivity contribution in [1.82, 2.24) is 30.6 Å². The summed E-state index contributed by atoms with van der Waals surface area (Å²) in [5.41, 5.74) is 3.51. The smallest absolute Gasteiger partial charge is 0.257 e. The molecule has 1 aromatic carbocycles. The van der Waals surface area contributed by atoms with Crippen LogP contribution in [0, 0.1) is 0 Å². The van der Waals surface area contributed by atoms with Crippen molar-refractivity contribution in [2.45, 2.75) is 18.6 Å². The predicted octanol–water partition coefficient (Wildman–Crippen LogP) is 3.03. The molecule has 0 bridgehead atoms. The van der Waals surface area contributed by atoms with Crippen molar-refractivity contribution in [2.24, 2.45) is 0 Å². The van der Waals surface area contributed by atoms with Gasteiger partial charge in [0, 0.05) is 30.1 Å². The molecule has 0 amide bonds. The molecule has 5 rings (SSSR count). The van der Waals surface area contributed by atoms with Crippen molar-refractivity contribution in [2.75, 3.05) is 25.6 Å². The Hall–Kier alpha value is -4.05. The minimum Gasteiger partial charge on any atom is -0.491 e. The summed E-state index contributed by atoms with van der Waals surface area (Å²) in [4.78, 5) is 9.11. The number of rotatable bonds is 8. The SMILES string of the molecule is COc1ccc(C(Nc2ccc(-c3nn[nH]n3)cc2)c2cccnc2)nc1O[C@@H]1CCOC1. The Kier molecular flexibility index (Phi) is 6.07. The van der Waals surface area contributed by atoms with Gasteiger partial charge in [0.1, 0.15) is 6.10 Å². The third-order valence-electron chi connectivity index (χ3n) is 5.35. The van der Waals surface area contributed by atoms with Gasteiger partial charge >= 0.3 is 0 Å². The van der Waals surface area contributed by atoms with Gasteiger partial charge in [0.05, 0.1) is 32.1 Å². The van der Waals surface area contributed by atoms with Crippen LogP contribution in [0.25, 0.3) is 11.4 Å². The molecule has 3 aromatic heterocycles. The lowest BCUT2D eigenvalue weighted by Gasteiger charge is -2.22. The molecule has 33 heavy (non-hydrogen) atoms. The molecule has 1 saturated heterocycles. The number of benzene rings is 1. The van der Waals surface area contributed by atoms with E-state index in [4.69, 9.17) is 19.2 Å². The van der Waals surface area contributed by atoms with Crippen molar-refractivity contribution in [3.8, 4) is 23.0 Å². The minimum absolute atomic E-state index is 0.0378. The van der Waals surface area contributed by atoms with E-state index in [2.05, 4.69) is 30.9 Å². The zero-order valence-electron chi connectivity index (χ0n) is 18.0. The number of H-pyrrole nitrogens is 1. The van der Waals surface area contributed by atoms with Crippen LogP contribution in [0.5, 0.6) is 11.6 Å². The molecule has 0 aliphatic carbocycles. The number of ether oxygens (including phenoxy) is 3. The third kappa shape index (κ3) is 4.75. The summed E-state index contributed by atoms with van der Waals surface area (Å²) in [5, 5.41) is 17.7. The van der Waals surface area contributed by atoms with Gasteiger partial charge in [-0.3, -0.25) is 4.98 Å². The second kappa shape index (κ2) is 9.61. The number of tetrazole rings is 1. The van der Waals surface area contributed by atoms with Crippen LogP contribution >= 0.6 is 0 Å². The Balaban J connectivity index is 1.45. The predicted molar refractivity (Wildman–Crippen MR) is 120 cm³/mol. The van der Waals surface area contributed by atoms with Crippen LogP contribution in [0.15, 0.2) is 60.9 Å². The third-order valence-corrected chi connectivity index (χ3v) is 5.35. The molecule has 1 unspecified atom stereocenters. The maximum absolute atomic E-state index is 6.10. The fourth-order valence-corrected chi connectivity index (χ4v) is 3.65. The first-order valence-electron chi connectivity index (χ1n) is 10.6. The van der Waals surface area contributed by atoms with Gasteiger partial charge in [-0.05, 0) is 53.2 Å². The molecule has 168 valence electrons. The van der Waals surface area contributed by atoms with Crippen LogP contribution < -0.4 is 14.8 Å². The molecular weight excluding hydrogens is 422 g/mol. The average molecular weight is 445 g/mol. The Labute approximate surface area is 190 Å². The van der Waals surface area contributed by atoms with E-state index in [-0.39, 0.29) is 12.1 Å². The van der Waals surface area contributed by atoms with Crippen LogP contribution in [0.3, 0.4) is 0 Å². The van der Waals surface area contributed by atoms with E-state index in [1.54, 1.807) is 13.3 Å². The lowest BCUT2D eigenvalue weighted by atomic mass is 10.0. The molecular formula is C23H23N7O3. The van der Waals surface area contributed by atoms with Gasteiger partial charge < -0.3 is 19.5 Å². The molecule has 0 saturated carbocycles. The molecule has 0 spiro atoms. The van der Waals surface area contributed by atoms with E-state index in [1.165, 1.54) is 0 Å². The van der Waals surface area contributed by atoms with Gasteiger partial charge in [0.2, 0.25) is 5.82 Å². The molecule has 1 fully saturated rings. The Morgan fingerprint density at radius 3 is 2.76 bits per heavy atom. The van der Waals surface area contributed by atoms with E-state index in [0.717, 1.165) is 28.9 Å². The zero-order valence-corrected chi connectivity index (χ0v) is 18.0. The first kappa shape index (κ1) is 20.8. The van der Waals surface area contributed by atoms with E-state index < -0.39 is 0 Å². The number of aromatic nitrogens is 6. The number of hydrogen-bond acceptors (Lipinski definition) is 9. The topological polar surface area (TPSA) is 120 Å². The fourth-order valence-electron chi connectivity index (χ4n) is 3.65. The lowest BCUT2D eigenvalue weighted by molar-refractivity contribution is 0.135. The van der Waals surface area contributed by atoms with Crippen molar-refractivity contribution in [1.29, 1.82) is 0 Å². The maximum atomic E-state index is 6.10. The van der Waals surface area contributed by atoms with Crippen molar-refractivity contribution in [3.63, 3.8) is 0 Å². The Morgan fingerprint density at radius 1 is 1.15 bits per heavy atom. The van der Waals surface area contributed by atoms with Crippen LogP contribution in [-0.2, 0) is 4.74 Å². The number of nitrogens with one attached hydrogen (secondary N) is 2. The summed E-state index contributed by atoms with van der Waals surface area (Å²) in [6.07, 6.45) is 4.36. The summed E-state index contributed by atoms with van der Waals surface area (Å²) in [5.74, 6) is 1.58. The van der Waals surface area contributed by atoms with Crippen LogP contribution in [0.2, 0.25) is 0 Å². The van der Waals surface area contributed by atoms with Crippen molar-refractivity contribution >= 4 is 5.69 Å². The van der Waals surface area contributed by atoms with Crippen LogP contribution in [-0.4, -0.2) is 57.0 Å². The summed E-state index contributed by atoms with van der Waals surface area (Å²) < 4.78 is 17.0. The van der Waals surface area contributed by atoms with E-state index in [1.807, 2.05) is 54.7 Å². The first-order chi connectivity index (χ1) is 16.3.